The third kappa shape index (κ3) is 3.04. The number of hydroxylamine groups is 2. The number of nitro benzene ring substituents is 1. The topological polar surface area (TPSA) is 68.0 Å². The molecule has 0 amide bonds. The number of aliphatic imine (C=N–C) groups is 1. The summed E-state index contributed by atoms with van der Waals surface area (Å²) in [5.41, 5.74) is 0.974. The van der Waals surface area contributed by atoms with E-state index in [2.05, 4.69) is 4.99 Å². The maximum Gasteiger partial charge on any atom is 0.269 e. The van der Waals surface area contributed by atoms with Gasteiger partial charge in [-0.3, -0.25) is 19.9 Å². The van der Waals surface area contributed by atoms with E-state index in [1.54, 1.807) is 17.2 Å². The van der Waals surface area contributed by atoms with E-state index in [0.717, 1.165) is 17.9 Å². The molecule has 6 nitrogen and oxygen atoms in total. The van der Waals surface area contributed by atoms with Crippen LogP contribution in [0.5, 0.6) is 0 Å². The highest BCUT2D eigenvalue weighted by molar-refractivity contribution is 5.79. The zero-order chi connectivity index (χ0) is 13.0. The summed E-state index contributed by atoms with van der Waals surface area (Å²) in [6, 6.07) is 6.33. The molecule has 1 aliphatic heterocycles. The predicted molar refractivity (Wildman–Crippen MR) is 66.9 cm³/mol. The largest absolute Gasteiger partial charge is 0.270 e. The van der Waals surface area contributed by atoms with Crippen molar-refractivity contribution in [1.82, 2.24) is 5.06 Å². The van der Waals surface area contributed by atoms with Crippen molar-refractivity contribution in [3.05, 3.63) is 46.4 Å². The lowest BCUT2D eigenvalue weighted by Gasteiger charge is -2.26. The van der Waals surface area contributed by atoms with Gasteiger partial charge in [0.2, 0.25) is 0 Å². The number of nitrogens with zero attached hydrogens (tertiary/aromatic N) is 3. The van der Waals surface area contributed by atoms with E-state index in [0.29, 0.717) is 13.2 Å². The first kappa shape index (κ1) is 12.5. The third-order valence-electron chi connectivity index (χ3n) is 2.64. The fourth-order valence-electron chi connectivity index (χ4n) is 1.60. The molecule has 6 heteroatoms. The number of hydrogen-bond acceptors (Lipinski definition) is 5. The molecule has 0 fully saturated rings. The molecule has 1 aromatic carbocycles. The predicted octanol–water partition coefficient (Wildman–Crippen LogP) is 1.96. The highest BCUT2D eigenvalue weighted by atomic mass is 16.7. The molecular weight excluding hydrogens is 234 g/mol. The number of hydrogen-bond donors (Lipinski definition) is 0. The van der Waals surface area contributed by atoms with Crippen LogP contribution < -0.4 is 0 Å². The zero-order valence-corrected chi connectivity index (χ0v) is 10.1. The van der Waals surface area contributed by atoms with Crippen molar-refractivity contribution in [2.24, 2.45) is 4.99 Å². The standard InChI is InChI=1S/C12H14N3O3/c1-10-13-7-2-8-14(10)18-9-11-3-5-12(6-4-11)15(16)17/h2-6H,7-9H2,1H3. The molecule has 1 aliphatic rings. The van der Waals surface area contributed by atoms with Gasteiger partial charge in [0.15, 0.2) is 0 Å². The molecule has 1 radical (unpaired) electrons. The number of amidine groups is 1. The van der Waals surface area contributed by atoms with Gasteiger partial charge in [0.25, 0.3) is 5.69 Å². The summed E-state index contributed by atoms with van der Waals surface area (Å²) in [5.74, 6) is 0.847. The van der Waals surface area contributed by atoms with Gasteiger partial charge in [0.05, 0.1) is 18.1 Å². The molecule has 0 unspecified atom stereocenters. The van der Waals surface area contributed by atoms with E-state index in [-0.39, 0.29) is 5.69 Å². The van der Waals surface area contributed by atoms with Gasteiger partial charge in [0.1, 0.15) is 5.84 Å². The molecule has 95 valence electrons. The Balaban J connectivity index is 1.92. The van der Waals surface area contributed by atoms with Gasteiger partial charge in [-0.2, -0.15) is 0 Å². The minimum absolute atomic E-state index is 0.0859. The van der Waals surface area contributed by atoms with Crippen LogP contribution in [-0.4, -0.2) is 28.9 Å². The van der Waals surface area contributed by atoms with Crippen molar-refractivity contribution >= 4 is 11.5 Å². The number of rotatable bonds is 4. The van der Waals surface area contributed by atoms with Gasteiger partial charge in [-0.25, -0.2) is 5.06 Å². The van der Waals surface area contributed by atoms with E-state index >= 15 is 0 Å². The number of nitro groups is 1. The number of benzene rings is 1. The van der Waals surface area contributed by atoms with E-state index < -0.39 is 4.92 Å². The molecule has 0 spiro atoms. The molecule has 0 aliphatic carbocycles. The van der Waals surface area contributed by atoms with E-state index in [1.165, 1.54) is 12.1 Å². The maximum atomic E-state index is 10.5. The molecular formula is C12H14N3O3. The maximum absolute atomic E-state index is 10.5. The van der Waals surface area contributed by atoms with Crippen LogP contribution in [0.15, 0.2) is 29.3 Å². The van der Waals surface area contributed by atoms with Crippen LogP contribution in [0.25, 0.3) is 0 Å². The molecule has 0 saturated heterocycles. The second-order valence-corrected chi connectivity index (χ2v) is 3.93. The minimum atomic E-state index is -0.416. The summed E-state index contributed by atoms with van der Waals surface area (Å²) >= 11 is 0. The van der Waals surface area contributed by atoms with Crippen molar-refractivity contribution in [2.45, 2.75) is 13.5 Å². The lowest BCUT2D eigenvalue weighted by Crippen LogP contribution is -2.34. The molecule has 18 heavy (non-hydrogen) atoms. The second kappa shape index (κ2) is 5.59. The van der Waals surface area contributed by atoms with Gasteiger partial charge in [0, 0.05) is 25.1 Å². The monoisotopic (exact) mass is 248 g/mol. The van der Waals surface area contributed by atoms with Gasteiger partial charge >= 0.3 is 0 Å². The normalized spacial score (nSPS) is 15.4. The average molecular weight is 248 g/mol. The van der Waals surface area contributed by atoms with Gasteiger partial charge < -0.3 is 0 Å². The quantitative estimate of drug-likeness (QED) is 0.603. The molecule has 2 rings (SSSR count). The number of non-ortho nitro benzene ring substituents is 1. The van der Waals surface area contributed by atoms with Crippen LogP contribution in [0, 0.1) is 16.5 Å². The van der Waals surface area contributed by atoms with Crippen LogP contribution in [0.4, 0.5) is 5.69 Å². The molecule has 0 N–H and O–H groups in total. The Morgan fingerprint density at radius 1 is 1.44 bits per heavy atom. The first-order valence-corrected chi connectivity index (χ1v) is 5.63. The summed E-state index contributed by atoms with van der Waals surface area (Å²) in [7, 11) is 0. The molecule has 0 aromatic heterocycles. The Morgan fingerprint density at radius 2 is 2.17 bits per heavy atom. The summed E-state index contributed by atoms with van der Waals surface area (Å²) < 4.78 is 0. The van der Waals surface area contributed by atoms with Crippen molar-refractivity contribution in [3.8, 4) is 0 Å². The Morgan fingerprint density at radius 3 is 2.78 bits per heavy atom. The first-order valence-electron chi connectivity index (χ1n) is 5.63. The SMILES string of the molecule is CC1=NC[CH]CN1OCc1ccc([N+](=O)[O-])cc1. The van der Waals surface area contributed by atoms with Gasteiger partial charge in [-0.15, -0.1) is 0 Å². The first-order chi connectivity index (χ1) is 8.66. The smallest absolute Gasteiger partial charge is 0.269 e. The van der Waals surface area contributed by atoms with Crippen LogP contribution in [0.3, 0.4) is 0 Å². The van der Waals surface area contributed by atoms with Crippen LogP contribution in [-0.2, 0) is 11.4 Å². The van der Waals surface area contributed by atoms with Crippen molar-refractivity contribution in [1.29, 1.82) is 0 Å². The molecule has 0 bridgehead atoms. The minimum Gasteiger partial charge on any atom is -0.270 e. The zero-order valence-electron chi connectivity index (χ0n) is 10.1. The molecule has 0 atom stereocenters. The summed E-state index contributed by atoms with van der Waals surface area (Å²) in [6.45, 7) is 3.70. The Labute approximate surface area is 105 Å². The summed E-state index contributed by atoms with van der Waals surface area (Å²) in [6.07, 6.45) is 2.02. The lowest BCUT2D eigenvalue weighted by atomic mass is 10.2. The Kier molecular flexibility index (Phi) is 3.88. The molecule has 1 aromatic rings. The van der Waals surface area contributed by atoms with Crippen LogP contribution in [0.1, 0.15) is 12.5 Å². The van der Waals surface area contributed by atoms with Crippen molar-refractivity contribution < 1.29 is 9.76 Å². The van der Waals surface area contributed by atoms with Crippen molar-refractivity contribution in [3.63, 3.8) is 0 Å². The van der Waals surface area contributed by atoms with Gasteiger partial charge in [-0.1, -0.05) is 0 Å². The van der Waals surface area contributed by atoms with Crippen LogP contribution in [0.2, 0.25) is 0 Å². The molecule has 0 saturated carbocycles. The Hall–Kier alpha value is -1.95. The lowest BCUT2D eigenvalue weighted by molar-refractivity contribution is -0.384. The average Bonchev–Trinajstić information content (AvgIpc) is 2.38. The second-order valence-electron chi connectivity index (χ2n) is 3.93. The molecule has 1 heterocycles. The van der Waals surface area contributed by atoms with E-state index in [9.17, 15) is 10.1 Å². The fraction of sp³-hybridized carbons (Fsp3) is 0.333. The Bertz CT molecular complexity index is 456. The van der Waals surface area contributed by atoms with Crippen LogP contribution >= 0.6 is 0 Å². The third-order valence-corrected chi connectivity index (χ3v) is 2.64. The van der Waals surface area contributed by atoms with E-state index in [1.807, 2.05) is 13.3 Å². The summed E-state index contributed by atoms with van der Waals surface area (Å²) in [4.78, 5) is 19.9. The fourth-order valence-corrected chi connectivity index (χ4v) is 1.60. The highest BCUT2D eigenvalue weighted by Crippen LogP contribution is 2.13. The van der Waals surface area contributed by atoms with Gasteiger partial charge in [-0.05, 0) is 24.6 Å². The van der Waals surface area contributed by atoms with E-state index in [4.69, 9.17) is 4.84 Å². The summed E-state index contributed by atoms with van der Waals surface area (Å²) in [5, 5.41) is 12.2. The van der Waals surface area contributed by atoms with Crippen molar-refractivity contribution in [2.75, 3.05) is 13.1 Å². The highest BCUT2D eigenvalue weighted by Gasteiger charge is 2.12.